The maximum atomic E-state index is 0. The summed E-state index contributed by atoms with van der Waals surface area (Å²) in [6, 6.07) is 0. The second kappa shape index (κ2) is 99.0. The summed E-state index contributed by atoms with van der Waals surface area (Å²) in [5, 5.41) is 0. The fraction of sp³-hybridized carbons (Fsp3) is 0. The average molecular weight is 406 g/mol. The third kappa shape index (κ3) is 81.3. The van der Waals surface area contributed by atoms with Gasteiger partial charge in [0, 0.05) is 21.7 Å². The van der Waals surface area contributed by atoms with Gasteiger partial charge in [-0.05, 0) is 0 Å². The van der Waals surface area contributed by atoms with Gasteiger partial charge in [-0.3, -0.25) is 0 Å². The number of rotatable bonds is 0. The molecule has 0 amide bonds. The first-order chi connectivity index (χ1) is 0. The van der Waals surface area contributed by atoms with Crippen LogP contribution in [0.1, 0.15) is 2.85 Å². The maximum absolute atomic E-state index is 0. The Morgan fingerprint density at radius 3 is 0.556 bits per heavy atom. The van der Waals surface area contributed by atoms with Crippen LogP contribution >= 0.6 is 62.0 Å². The third-order valence-corrected chi connectivity index (χ3v) is 0. The van der Waals surface area contributed by atoms with Gasteiger partial charge in [0.2, 0.25) is 0 Å². The smallest absolute Gasteiger partial charge is 1.00 e. The van der Waals surface area contributed by atoms with E-state index in [1.807, 2.05) is 0 Å². The molecule has 0 aliphatic rings. The fourth-order valence-corrected chi connectivity index (χ4v) is 0. The molecule has 0 heterocycles. The summed E-state index contributed by atoms with van der Waals surface area (Å²) in [4.78, 5) is 0. The van der Waals surface area contributed by atoms with Gasteiger partial charge in [-0.15, -0.1) is 62.0 Å². The summed E-state index contributed by atoms with van der Waals surface area (Å²) in [7, 11) is 0. The van der Waals surface area contributed by atoms with E-state index in [1.54, 1.807) is 0 Å². The number of hydrogen-bond acceptors (Lipinski definition) is 0. The van der Waals surface area contributed by atoms with Crippen molar-refractivity contribution < 1.29 is 35.5 Å². The van der Waals surface area contributed by atoms with Crippen molar-refractivity contribution in [1.82, 2.24) is 0 Å². The van der Waals surface area contributed by atoms with E-state index in [4.69, 9.17) is 0 Å². The van der Waals surface area contributed by atoms with Gasteiger partial charge in [-0.2, -0.15) is 0 Å². The predicted molar refractivity (Wildman–Crippen MR) is 51.4 cm³/mol. The molecule has 0 aromatic rings. The van der Waals surface area contributed by atoms with Crippen LogP contribution in [0.5, 0.6) is 0 Å². The predicted octanol–water partition coefficient (Wildman–Crippen LogP) is 0.301. The van der Waals surface area contributed by atoms with Crippen molar-refractivity contribution in [3.63, 3.8) is 0 Å². The molecule has 0 fully saturated rings. The van der Waals surface area contributed by atoms with Gasteiger partial charge in [0.25, 0.3) is 0 Å². The fourth-order valence-electron chi connectivity index (χ4n) is 0. The van der Waals surface area contributed by atoms with E-state index in [0.29, 0.717) is 0 Å². The van der Waals surface area contributed by atoms with E-state index in [0.717, 1.165) is 0 Å². The Labute approximate surface area is 144 Å². The molecule has 2 nitrogen and oxygen atoms in total. The summed E-state index contributed by atoms with van der Waals surface area (Å²) in [5.41, 5.74) is 0. The molecule has 0 aromatic heterocycles. The molecule has 9 heteroatoms. The van der Waals surface area contributed by atoms with Crippen LogP contribution in [0.4, 0.5) is 0 Å². The quantitative estimate of drug-likeness (QED) is 0.521. The van der Waals surface area contributed by atoms with Crippen LogP contribution < -0.4 is 0 Å². The molecular formula is H11BaCl5O2Ti. The average Bonchev–Trinajstić information content (AvgIpc) is 0. The first kappa shape index (κ1) is 129. The van der Waals surface area contributed by atoms with Crippen molar-refractivity contribution in [2.24, 2.45) is 0 Å². The maximum Gasteiger partial charge on any atom is 2.00 e. The SMILES string of the molecule is Cl.Cl.Cl.Cl.Cl.O.O.[Ba+2].[H-].[H-].[Ti]. The first-order valence-electron chi connectivity index (χ1n) is 0. The van der Waals surface area contributed by atoms with Crippen LogP contribution in [-0.4, -0.2) is 59.8 Å². The third-order valence-electron chi connectivity index (χ3n) is 0. The van der Waals surface area contributed by atoms with E-state index in [2.05, 4.69) is 0 Å². The molecule has 4 N–H and O–H groups in total. The molecular weight excluding hydrogens is 394 g/mol. The zero-order valence-electron chi connectivity index (χ0n) is 6.25. The number of halogens is 5. The van der Waals surface area contributed by atoms with E-state index >= 15 is 0 Å². The Hall–Kier alpha value is 3.66. The molecule has 0 spiro atoms. The van der Waals surface area contributed by atoms with Gasteiger partial charge in [0.1, 0.15) is 0 Å². The van der Waals surface area contributed by atoms with Crippen molar-refractivity contribution in [3.05, 3.63) is 0 Å². The van der Waals surface area contributed by atoms with Crippen molar-refractivity contribution in [2.45, 2.75) is 0 Å². The molecule has 0 aliphatic heterocycles. The van der Waals surface area contributed by atoms with Crippen LogP contribution in [0, 0.1) is 0 Å². The zero-order valence-corrected chi connectivity index (χ0v) is 14.3. The van der Waals surface area contributed by atoms with Gasteiger partial charge >= 0.3 is 48.9 Å². The van der Waals surface area contributed by atoms with Crippen LogP contribution in [0.2, 0.25) is 0 Å². The summed E-state index contributed by atoms with van der Waals surface area (Å²) in [6.45, 7) is 0. The molecule has 0 radical (unpaired) electrons. The molecule has 9 heavy (non-hydrogen) atoms. The second-order valence-electron chi connectivity index (χ2n) is 0. The molecule has 0 bridgehead atoms. The standard InChI is InChI=1S/Ba.5ClH.2H2O.Ti.2H/h;5*1H;2*1H2;;;/q+2;;;;;;;;;2*-1. The summed E-state index contributed by atoms with van der Waals surface area (Å²) >= 11 is 0. The Morgan fingerprint density at radius 2 is 0.556 bits per heavy atom. The Balaban J connectivity index is 0. The molecule has 0 unspecified atom stereocenters. The largest absolute Gasteiger partial charge is 2.00 e. The topological polar surface area (TPSA) is 63.0 Å². The van der Waals surface area contributed by atoms with Crippen molar-refractivity contribution >= 4 is 111 Å². The minimum Gasteiger partial charge on any atom is -1.00 e. The summed E-state index contributed by atoms with van der Waals surface area (Å²) in [5.74, 6) is 0. The zero-order chi connectivity index (χ0) is 0. The molecule has 0 saturated heterocycles. The van der Waals surface area contributed by atoms with Gasteiger partial charge in [-0.25, -0.2) is 0 Å². The van der Waals surface area contributed by atoms with Crippen molar-refractivity contribution in [3.8, 4) is 0 Å². The van der Waals surface area contributed by atoms with Crippen LogP contribution in [-0.2, 0) is 21.7 Å². The molecule has 0 rings (SSSR count). The first-order valence-corrected chi connectivity index (χ1v) is 0. The second-order valence-corrected chi connectivity index (χ2v) is 0. The van der Waals surface area contributed by atoms with E-state index in [9.17, 15) is 0 Å². The number of hydrogen-bond donors (Lipinski definition) is 0. The monoisotopic (exact) mass is 404 g/mol. The molecule has 0 aromatic carbocycles. The van der Waals surface area contributed by atoms with E-state index < -0.39 is 0 Å². The van der Waals surface area contributed by atoms with Crippen LogP contribution in [0.3, 0.4) is 0 Å². The van der Waals surface area contributed by atoms with Gasteiger partial charge in [0.15, 0.2) is 0 Å². The van der Waals surface area contributed by atoms with Crippen LogP contribution in [0.15, 0.2) is 0 Å². The molecule has 0 atom stereocenters. The van der Waals surface area contributed by atoms with Crippen LogP contribution in [0.25, 0.3) is 0 Å². The van der Waals surface area contributed by atoms with Crippen molar-refractivity contribution in [2.75, 3.05) is 0 Å². The van der Waals surface area contributed by atoms with Gasteiger partial charge < -0.3 is 13.8 Å². The van der Waals surface area contributed by atoms with Gasteiger partial charge in [0.05, 0.1) is 0 Å². The summed E-state index contributed by atoms with van der Waals surface area (Å²) in [6.07, 6.45) is 0. The van der Waals surface area contributed by atoms with Crippen molar-refractivity contribution in [1.29, 1.82) is 0 Å². The summed E-state index contributed by atoms with van der Waals surface area (Å²) < 4.78 is 0. The molecule has 0 aliphatic carbocycles. The Morgan fingerprint density at radius 1 is 0.556 bits per heavy atom. The van der Waals surface area contributed by atoms with Gasteiger partial charge in [-0.1, -0.05) is 0 Å². The van der Waals surface area contributed by atoms with E-state index in [-0.39, 0.29) is 146 Å². The minimum absolute atomic E-state index is 0. The van der Waals surface area contributed by atoms with E-state index in [1.165, 1.54) is 0 Å². The Kier molecular flexibility index (Phi) is 1420. The normalized spacial score (nSPS) is 0. The minimum atomic E-state index is 0. The Bertz CT molecular complexity index is 22.4. The molecule has 64 valence electrons. The molecule has 0 saturated carbocycles.